The smallest absolute Gasteiger partial charge is 0.313 e. The van der Waals surface area contributed by atoms with Gasteiger partial charge in [-0.15, -0.1) is 0 Å². The van der Waals surface area contributed by atoms with Crippen molar-refractivity contribution >= 4 is 17.5 Å². The van der Waals surface area contributed by atoms with Gasteiger partial charge in [-0.3, -0.25) is 9.59 Å². The van der Waals surface area contributed by atoms with E-state index in [1.807, 2.05) is 0 Å². The van der Waals surface area contributed by atoms with E-state index >= 15 is 0 Å². The van der Waals surface area contributed by atoms with Gasteiger partial charge in [0.05, 0.1) is 6.61 Å². The molecule has 2 amide bonds. The van der Waals surface area contributed by atoms with Gasteiger partial charge in [-0.25, -0.2) is 0 Å². The first-order valence-corrected chi connectivity index (χ1v) is 8.03. The molecular formula is C17H24N2O3. The Hall–Kier alpha value is -2.04. The van der Waals surface area contributed by atoms with Crippen LogP contribution in [0.5, 0.6) is 5.75 Å². The van der Waals surface area contributed by atoms with Gasteiger partial charge in [0.1, 0.15) is 5.75 Å². The molecule has 0 heterocycles. The third-order valence-electron chi connectivity index (χ3n) is 3.78. The molecule has 0 aliphatic heterocycles. The minimum absolute atomic E-state index is 0.146. The number of nitrogens with one attached hydrogen (secondary N) is 2. The summed E-state index contributed by atoms with van der Waals surface area (Å²) in [4.78, 5) is 23.6. The fourth-order valence-electron chi connectivity index (χ4n) is 2.48. The molecule has 5 heteroatoms. The number of rotatable bonds is 6. The van der Waals surface area contributed by atoms with Crippen LogP contribution < -0.4 is 15.4 Å². The molecule has 5 nitrogen and oxygen atoms in total. The van der Waals surface area contributed by atoms with Crippen LogP contribution in [0.3, 0.4) is 0 Å². The Balaban J connectivity index is 1.79. The van der Waals surface area contributed by atoms with Crippen molar-refractivity contribution in [2.24, 2.45) is 0 Å². The number of hydrogen-bond acceptors (Lipinski definition) is 3. The van der Waals surface area contributed by atoms with Gasteiger partial charge in [-0.1, -0.05) is 26.2 Å². The van der Waals surface area contributed by atoms with Gasteiger partial charge in [-0.05, 0) is 43.5 Å². The van der Waals surface area contributed by atoms with E-state index in [9.17, 15) is 9.59 Å². The standard InChI is InChI=1S/C17H24N2O3/c1-2-3-12-22-15-10-8-14(9-11-15)19-17(21)16(20)18-13-6-4-5-7-13/h8-11,13H,2-7,12H2,1H3,(H,18,20)(H,19,21). The average molecular weight is 304 g/mol. The second-order valence-electron chi connectivity index (χ2n) is 5.64. The Morgan fingerprint density at radius 3 is 2.45 bits per heavy atom. The molecule has 2 rings (SSSR count). The summed E-state index contributed by atoms with van der Waals surface area (Å²) in [6.07, 6.45) is 6.26. The highest BCUT2D eigenvalue weighted by Gasteiger charge is 2.21. The van der Waals surface area contributed by atoms with Crippen molar-refractivity contribution in [2.75, 3.05) is 11.9 Å². The summed E-state index contributed by atoms with van der Waals surface area (Å²) >= 11 is 0. The fraction of sp³-hybridized carbons (Fsp3) is 0.529. The van der Waals surface area contributed by atoms with Crippen molar-refractivity contribution in [3.8, 4) is 5.75 Å². The van der Waals surface area contributed by atoms with Crippen LogP contribution in [0.4, 0.5) is 5.69 Å². The summed E-state index contributed by atoms with van der Waals surface area (Å²) in [7, 11) is 0. The van der Waals surface area contributed by atoms with Crippen LogP contribution >= 0.6 is 0 Å². The monoisotopic (exact) mass is 304 g/mol. The Morgan fingerprint density at radius 2 is 1.82 bits per heavy atom. The van der Waals surface area contributed by atoms with Crippen LogP contribution in [0.25, 0.3) is 0 Å². The molecular weight excluding hydrogens is 280 g/mol. The molecule has 0 atom stereocenters. The van der Waals surface area contributed by atoms with E-state index < -0.39 is 11.8 Å². The van der Waals surface area contributed by atoms with Gasteiger partial charge in [-0.2, -0.15) is 0 Å². The number of amides is 2. The van der Waals surface area contributed by atoms with Gasteiger partial charge >= 0.3 is 11.8 Å². The van der Waals surface area contributed by atoms with Crippen molar-refractivity contribution in [1.82, 2.24) is 5.32 Å². The van der Waals surface area contributed by atoms with Gasteiger partial charge < -0.3 is 15.4 Å². The molecule has 0 radical (unpaired) electrons. The van der Waals surface area contributed by atoms with Crippen molar-refractivity contribution in [3.63, 3.8) is 0 Å². The number of benzene rings is 1. The minimum Gasteiger partial charge on any atom is -0.494 e. The first-order valence-electron chi connectivity index (χ1n) is 8.03. The number of unbranched alkanes of at least 4 members (excludes halogenated alkanes) is 1. The van der Waals surface area contributed by atoms with E-state index in [1.165, 1.54) is 0 Å². The quantitative estimate of drug-likeness (QED) is 0.627. The van der Waals surface area contributed by atoms with Gasteiger partial charge in [0, 0.05) is 11.7 Å². The van der Waals surface area contributed by atoms with Crippen molar-refractivity contribution in [3.05, 3.63) is 24.3 Å². The van der Waals surface area contributed by atoms with Gasteiger partial charge in [0.15, 0.2) is 0 Å². The van der Waals surface area contributed by atoms with Crippen molar-refractivity contribution in [1.29, 1.82) is 0 Å². The molecule has 120 valence electrons. The lowest BCUT2D eigenvalue weighted by Gasteiger charge is -2.12. The molecule has 1 fully saturated rings. The van der Waals surface area contributed by atoms with E-state index in [-0.39, 0.29) is 6.04 Å². The predicted octanol–water partition coefficient (Wildman–Crippen LogP) is 2.86. The van der Waals surface area contributed by atoms with E-state index in [1.54, 1.807) is 24.3 Å². The molecule has 0 aromatic heterocycles. The average Bonchev–Trinajstić information content (AvgIpc) is 3.02. The SMILES string of the molecule is CCCCOc1ccc(NC(=O)C(=O)NC2CCCC2)cc1. The first kappa shape index (κ1) is 16.3. The Labute approximate surface area is 131 Å². The molecule has 1 saturated carbocycles. The highest BCUT2D eigenvalue weighted by Crippen LogP contribution is 2.18. The van der Waals surface area contributed by atoms with Gasteiger partial charge in [0.2, 0.25) is 0 Å². The molecule has 1 aromatic carbocycles. The lowest BCUT2D eigenvalue weighted by atomic mass is 10.2. The number of hydrogen-bond donors (Lipinski definition) is 2. The van der Waals surface area contributed by atoms with Crippen LogP contribution in [0, 0.1) is 0 Å². The highest BCUT2D eigenvalue weighted by molar-refractivity contribution is 6.39. The summed E-state index contributed by atoms with van der Waals surface area (Å²) in [5, 5.41) is 5.37. The third-order valence-corrected chi connectivity index (χ3v) is 3.78. The summed E-state index contributed by atoms with van der Waals surface area (Å²) in [5.41, 5.74) is 0.592. The zero-order chi connectivity index (χ0) is 15.8. The van der Waals surface area contributed by atoms with Crippen LogP contribution in [0.15, 0.2) is 24.3 Å². The Bertz CT molecular complexity index is 493. The third kappa shape index (κ3) is 5.06. The molecule has 2 N–H and O–H groups in total. The molecule has 0 bridgehead atoms. The summed E-state index contributed by atoms with van der Waals surface area (Å²) in [6, 6.07) is 7.21. The Kier molecular flexibility index (Phi) is 6.25. The summed E-state index contributed by atoms with van der Waals surface area (Å²) < 4.78 is 5.55. The maximum absolute atomic E-state index is 11.8. The number of ether oxygens (including phenoxy) is 1. The lowest BCUT2D eigenvalue weighted by Crippen LogP contribution is -2.40. The summed E-state index contributed by atoms with van der Waals surface area (Å²) in [5.74, 6) is -0.413. The molecule has 1 aliphatic carbocycles. The second kappa shape index (κ2) is 8.41. The van der Waals surface area contributed by atoms with Crippen LogP contribution in [-0.2, 0) is 9.59 Å². The fourth-order valence-corrected chi connectivity index (χ4v) is 2.48. The van der Waals surface area contributed by atoms with Gasteiger partial charge in [0.25, 0.3) is 0 Å². The van der Waals surface area contributed by atoms with Crippen LogP contribution in [-0.4, -0.2) is 24.5 Å². The van der Waals surface area contributed by atoms with Crippen molar-refractivity contribution in [2.45, 2.75) is 51.5 Å². The molecule has 0 spiro atoms. The zero-order valence-electron chi connectivity index (χ0n) is 13.1. The number of carbonyl (C=O) groups is 2. The topological polar surface area (TPSA) is 67.4 Å². The van der Waals surface area contributed by atoms with E-state index in [4.69, 9.17) is 4.74 Å². The molecule has 1 aromatic rings. The molecule has 1 aliphatic rings. The number of anilines is 1. The maximum atomic E-state index is 11.8. The van der Waals surface area contributed by atoms with Crippen LogP contribution in [0.1, 0.15) is 45.4 Å². The predicted molar refractivity (Wildman–Crippen MR) is 85.9 cm³/mol. The highest BCUT2D eigenvalue weighted by atomic mass is 16.5. The lowest BCUT2D eigenvalue weighted by molar-refractivity contribution is -0.136. The van der Waals surface area contributed by atoms with Crippen LogP contribution in [0.2, 0.25) is 0 Å². The maximum Gasteiger partial charge on any atom is 0.313 e. The second-order valence-corrected chi connectivity index (χ2v) is 5.64. The molecule has 0 saturated heterocycles. The molecule has 0 unspecified atom stereocenters. The largest absolute Gasteiger partial charge is 0.494 e. The molecule has 22 heavy (non-hydrogen) atoms. The van der Waals surface area contributed by atoms with E-state index in [0.717, 1.165) is 44.3 Å². The first-order chi connectivity index (χ1) is 10.7. The Morgan fingerprint density at radius 1 is 1.14 bits per heavy atom. The minimum atomic E-state index is -0.619. The summed E-state index contributed by atoms with van der Waals surface area (Å²) in [6.45, 7) is 2.80. The van der Waals surface area contributed by atoms with Crippen molar-refractivity contribution < 1.29 is 14.3 Å². The van der Waals surface area contributed by atoms with E-state index in [0.29, 0.717) is 12.3 Å². The van der Waals surface area contributed by atoms with E-state index in [2.05, 4.69) is 17.6 Å². The zero-order valence-corrected chi connectivity index (χ0v) is 13.1. The number of carbonyl (C=O) groups excluding carboxylic acids is 2. The normalized spacial score (nSPS) is 14.6.